The summed E-state index contributed by atoms with van der Waals surface area (Å²) in [7, 11) is -3.21. The van der Waals surface area contributed by atoms with Gasteiger partial charge in [0.2, 0.25) is 0 Å². The second kappa shape index (κ2) is 4.42. The van der Waals surface area contributed by atoms with Crippen molar-refractivity contribution in [3.05, 3.63) is 12.4 Å². The summed E-state index contributed by atoms with van der Waals surface area (Å²) < 4.78 is 24.5. The molecule has 0 saturated heterocycles. The number of rotatable bonds is 3. The maximum Gasteiger partial charge on any atom is 0.178 e. The van der Waals surface area contributed by atoms with Crippen LogP contribution in [-0.2, 0) is 9.84 Å². The highest BCUT2D eigenvalue weighted by atomic mass is 32.2. The lowest BCUT2D eigenvalue weighted by Gasteiger charge is -2.33. The molecule has 1 rings (SSSR count). The molecule has 0 aliphatic heterocycles. The van der Waals surface area contributed by atoms with Gasteiger partial charge in [0.1, 0.15) is 4.90 Å². The molecule has 1 aromatic heterocycles. The predicted molar refractivity (Wildman–Crippen MR) is 67.5 cm³/mol. The van der Waals surface area contributed by atoms with E-state index in [1.807, 2.05) is 6.92 Å². The van der Waals surface area contributed by atoms with Gasteiger partial charge in [0.25, 0.3) is 0 Å². The molecule has 2 N–H and O–H groups in total. The van der Waals surface area contributed by atoms with E-state index in [4.69, 9.17) is 5.73 Å². The van der Waals surface area contributed by atoms with E-state index >= 15 is 0 Å². The molecule has 0 aliphatic rings. The van der Waals surface area contributed by atoms with Crippen molar-refractivity contribution in [2.24, 2.45) is 11.1 Å². The van der Waals surface area contributed by atoms with Crippen LogP contribution in [0.15, 0.2) is 17.3 Å². The molecule has 2 unspecified atom stereocenters. The molecule has 1 heterocycles. The number of nitrogens with two attached hydrogens (primary N) is 1. The number of aromatic nitrogens is 2. The highest BCUT2D eigenvalue weighted by Crippen LogP contribution is 2.32. The first kappa shape index (κ1) is 14.2. The zero-order chi connectivity index (χ0) is 13.4. The van der Waals surface area contributed by atoms with Crippen LogP contribution < -0.4 is 5.73 Å². The van der Waals surface area contributed by atoms with Gasteiger partial charge in [-0.05, 0) is 12.3 Å². The minimum Gasteiger partial charge on any atom is -0.326 e. The fraction of sp³-hybridized carbons (Fsp3) is 0.727. The van der Waals surface area contributed by atoms with Crippen LogP contribution in [0.4, 0.5) is 0 Å². The Hall–Kier alpha value is -0.880. The Balaban J connectivity index is 3.19. The molecule has 2 atom stereocenters. The van der Waals surface area contributed by atoms with E-state index in [2.05, 4.69) is 25.9 Å². The quantitative estimate of drug-likeness (QED) is 0.885. The van der Waals surface area contributed by atoms with Crippen LogP contribution >= 0.6 is 0 Å². The number of nitrogens with zero attached hydrogens (tertiary/aromatic N) is 2. The van der Waals surface area contributed by atoms with Crippen LogP contribution in [0.2, 0.25) is 0 Å². The topological polar surface area (TPSA) is 78.0 Å². The van der Waals surface area contributed by atoms with Crippen molar-refractivity contribution < 1.29 is 8.42 Å². The average Bonchev–Trinajstić information content (AvgIpc) is 2.47. The van der Waals surface area contributed by atoms with Gasteiger partial charge in [-0.1, -0.05) is 20.8 Å². The van der Waals surface area contributed by atoms with Crippen molar-refractivity contribution in [1.82, 2.24) is 9.78 Å². The Kier molecular flexibility index (Phi) is 3.69. The maximum absolute atomic E-state index is 11.4. The van der Waals surface area contributed by atoms with Gasteiger partial charge in [0.15, 0.2) is 9.84 Å². The standard InChI is InChI=1S/C11H21N3O2S/c1-8(12)10(11(2,3)4)14-7-9(6-13-14)17(5,15)16/h6-8,10H,12H2,1-5H3. The van der Waals surface area contributed by atoms with Crippen LogP contribution in [-0.4, -0.2) is 30.5 Å². The van der Waals surface area contributed by atoms with E-state index in [0.29, 0.717) is 0 Å². The van der Waals surface area contributed by atoms with Crippen molar-refractivity contribution in [2.45, 2.75) is 44.7 Å². The zero-order valence-electron chi connectivity index (χ0n) is 11.0. The third-order valence-corrected chi connectivity index (χ3v) is 3.74. The molecule has 0 bridgehead atoms. The Labute approximate surface area is 103 Å². The number of hydrogen-bond acceptors (Lipinski definition) is 4. The third kappa shape index (κ3) is 3.29. The average molecular weight is 259 g/mol. The minimum absolute atomic E-state index is 0.0435. The van der Waals surface area contributed by atoms with Crippen LogP contribution in [0.3, 0.4) is 0 Å². The second-order valence-corrected chi connectivity index (χ2v) is 7.61. The SMILES string of the molecule is CC(N)C(n1cc(S(C)(=O)=O)cn1)C(C)(C)C. The van der Waals surface area contributed by atoms with E-state index in [9.17, 15) is 8.42 Å². The molecule has 0 aromatic carbocycles. The van der Waals surface area contributed by atoms with Crippen LogP contribution in [0.1, 0.15) is 33.7 Å². The Bertz CT molecular complexity index is 483. The summed E-state index contributed by atoms with van der Waals surface area (Å²) in [5.41, 5.74) is 5.87. The Morgan fingerprint density at radius 1 is 1.41 bits per heavy atom. The highest BCUT2D eigenvalue weighted by Gasteiger charge is 2.30. The third-order valence-electron chi connectivity index (χ3n) is 2.68. The summed E-state index contributed by atoms with van der Waals surface area (Å²) in [4.78, 5) is 0.229. The van der Waals surface area contributed by atoms with Gasteiger partial charge in [-0.15, -0.1) is 0 Å². The van der Waals surface area contributed by atoms with Crippen LogP contribution in [0, 0.1) is 5.41 Å². The highest BCUT2D eigenvalue weighted by molar-refractivity contribution is 7.90. The van der Waals surface area contributed by atoms with Crippen molar-refractivity contribution in [3.8, 4) is 0 Å². The van der Waals surface area contributed by atoms with E-state index in [-0.39, 0.29) is 22.4 Å². The van der Waals surface area contributed by atoms with Crippen molar-refractivity contribution in [2.75, 3.05) is 6.26 Å². The molecular formula is C11H21N3O2S. The summed E-state index contributed by atoms with van der Waals surface area (Å²) >= 11 is 0. The first-order chi connectivity index (χ1) is 7.53. The first-order valence-corrected chi connectivity index (χ1v) is 7.42. The zero-order valence-corrected chi connectivity index (χ0v) is 11.8. The van der Waals surface area contributed by atoms with Gasteiger partial charge in [-0.3, -0.25) is 4.68 Å². The second-order valence-electron chi connectivity index (χ2n) is 5.60. The molecule has 5 nitrogen and oxygen atoms in total. The molecule has 0 fully saturated rings. The molecule has 0 spiro atoms. The molecule has 17 heavy (non-hydrogen) atoms. The van der Waals surface area contributed by atoms with Gasteiger partial charge in [-0.25, -0.2) is 8.42 Å². The van der Waals surface area contributed by atoms with Gasteiger partial charge in [0.05, 0.1) is 12.2 Å². The fourth-order valence-corrected chi connectivity index (χ4v) is 2.63. The summed E-state index contributed by atoms with van der Waals surface area (Å²) in [5.74, 6) is 0. The lowest BCUT2D eigenvalue weighted by atomic mass is 9.83. The van der Waals surface area contributed by atoms with E-state index in [1.54, 1.807) is 10.9 Å². The molecule has 0 amide bonds. The predicted octanol–water partition coefficient (Wildman–Crippen LogP) is 1.22. The van der Waals surface area contributed by atoms with Crippen molar-refractivity contribution in [3.63, 3.8) is 0 Å². The molecule has 0 saturated carbocycles. The lowest BCUT2D eigenvalue weighted by molar-refractivity contribution is 0.196. The summed E-state index contributed by atoms with van der Waals surface area (Å²) in [5, 5.41) is 4.13. The van der Waals surface area contributed by atoms with Crippen LogP contribution in [0.25, 0.3) is 0 Å². The van der Waals surface area contributed by atoms with Crippen molar-refractivity contribution >= 4 is 9.84 Å². The molecule has 98 valence electrons. The van der Waals surface area contributed by atoms with E-state index < -0.39 is 9.84 Å². The smallest absolute Gasteiger partial charge is 0.178 e. The Morgan fingerprint density at radius 2 is 1.94 bits per heavy atom. The molecule has 1 aromatic rings. The van der Waals surface area contributed by atoms with Gasteiger partial charge < -0.3 is 5.73 Å². The van der Waals surface area contributed by atoms with Gasteiger partial charge >= 0.3 is 0 Å². The normalized spacial score (nSPS) is 16.8. The molecular weight excluding hydrogens is 238 g/mol. The van der Waals surface area contributed by atoms with Crippen molar-refractivity contribution in [1.29, 1.82) is 0 Å². The number of hydrogen-bond donors (Lipinski definition) is 1. The maximum atomic E-state index is 11.4. The minimum atomic E-state index is -3.21. The van der Waals surface area contributed by atoms with Gasteiger partial charge in [-0.2, -0.15) is 5.10 Å². The van der Waals surface area contributed by atoms with E-state index in [0.717, 1.165) is 0 Å². The Morgan fingerprint density at radius 3 is 2.24 bits per heavy atom. The lowest BCUT2D eigenvalue weighted by Crippen LogP contribution is -2.38. The fourth-order valence-electron chi connectivity index (χ4n) is 2.09. The molecule has 0 aliphatic carbocycles. The summed E-state index contributed by atoms with van der Waals surface area (Å²) in [6, 6.07) is -0.152. The number of sulfone groups is 1. The summed E-state index contributed by atoms with van der Waals surface area (Å²) in [6.07, 6.45) is 4.09. The van der Waals surface area contributed by atoms with E-state index in [1.165, 1.54) is 12.5 Å². The van der Waals surface area contributed by atoms with Gasteiger partial charge in [0, 0.05) is 18.5 Å². The largest absolute Gasteiger partial charge is 0.326 e. The summed E-state index contributed by atoms with van der Waals surface area (Å²) in [6.45, 7) is 8.08. The van der Waals surface area contributed by atoms with Crippen LogP contribution in [0.5, 0.6) is 0 Å². The first-order valence-electron chi connectivity index (χ1n) is 5.53. The molecule has 0 radical (unpaired) electrons. The molecule has 6 heteroatoms. The monoisotopic (exact) mass is 259 g/mol.